The molecule has 0 aliphatic carbocycles. The minimum atomic E-state index is 0.924. The average Bonchev–Trinajstić information content (AvgIpc) is 2.84. The van der Waals surface area contributed by atoms with E-state index >= 15 is 0 Å². The van der Waals surface area contributed by atoms with E-state index in [2.05, 4.69) is 35.6 Å². The topological polar surface area (TPSA) is 28.2 Å². The van der Waals surface area contributed by atoms with Crippen molar-refractivity contribution in [2.75, 3.05) is 36.0 Å². The van der Waals surface area contributed by atoms with Crippen LogP contribution in [-0.2, 0) is 6.54 Å². The molecule has 1 aromatic heterocycles. The van der Waals surface area contributed by atoms with Crippen molar-refractivity contribution in [1.82, 2.24) is 10.3 Å². The van der Waals surface area contributed by atoms with Gasteiger partial charge in [-0.2, -0.15) is 11.8 Å². The van der Waals surface area contributed by atoms with Gasteiger partial charge in [-0.05, 0) is 13.8 Å². The van der Waals surface area contributed by atoms with E-state index in [1.807, 2.05) is 24.0 Å². The van der Waals surface area contributed by atoms with Gasteiger partial charge < -0.3 is 10.2 Å². The Kier molecular flexibility index (Phi) is 8.13. The van der Waals surface area contributed by atoms with Crippen LogP contribution in [0.2, 0.25) is 0 Å². The Bertz CT molecular complexity index is 335. The molecular formula is C13H23N3S2. The third kappa shape index (κ3) is 5.42. The molecule has 1 N–H and O–H groups in total. The zero-order valence-electron chi connectivity index (χ0n) is 11.3. The van der Waals surface area contributed by atoms with E-state index in [1.54, 1.807) is 11.3 Å². The summed E-state index contributed by atoms with van der Waals surface area (Å²) < 4.78 is 0. The van der Waals surface area contributed by atoms with Crippen LogP contribution in [0.4, 0.5) is 5.13 Å². The summed E-state index contributed by atoms with van der Waals surface area (Å²) in [6.07, 6.45) is 3.94. The van der Waals surface area contributed by atoms with Gasteiger partial charge in [0.25, 0.3) is 0 Å². The Morgan fingerprint density at radius 2 is 2.28 bits per heavy atom. The molecule has 1 rings (SSSR count). The summed E-state index contributed by atoms with van der Waals surface area (Å²) in [5, 5.41) is 4.58. The molecule has 1 heterocycles. The largest absolute Gasteiger partial charge is 0.349 e. The van der Waals surface area contributed by atoms with Gasteiger partial charge in [-0.25, -0.2) is 4.98 Å². The molecule has 0 radical (unpaired) electrons. The van der Waals surface area contributed by atoms with E-state index < -0.39 is 0 Å². The highest BCUT2D eigenvalue weighted by Crippen LogP contribution is 2.21. The molecule has 0 aromatic carbocycles. The van der Waals surface area contributed by atoms with Gasteiger partial charge in [-0.15, -0.1) is 17.9 Å². The highest BCUT2D eigenvalue weighted by Gasteiger charge is 2.06. The predicted molar refractivity (Wildman–Crippen MR) is 84.9 cm³/mol. The lowest BCUT2D eigenvalue weighted by molar-refractivity contribution is 0.740. The molecule has 0 bridgehead atoms. The maximum Gasteiger partial charge on any atom is 0.185 e. The van der Waals surface area contributed by atoms with Crippen LogP contribution in [-0.4, -0.2) is 36.1 Å². The number of nitrogens with zero attached hydrogens (tertiary/aromatic N) is 2. The molecule has 0 aliphatic heterocycles. The molecule has 0 fully saturated rings. The molecule has 0 unspecified atom stereocenters. The van der Waals surface area contributed by atoms with Gasteiger partial charge in [0.2, 0.25) is 0 Å². The van der Waals surface area contributed by atoms with Crippen LogP contribution in [0, 0.1) is 0 Å². The SMILES string of the molecule is C=CCSCCNCc1cnc(N(CC)CC)s1. The quantitative estimate of drug-likeness (QED) is 0.528. The molecule has 102 valence electrons. The highest BCUT2D eigenvalue weighted by atomic mass is 32.2. The van der Waals surface area contributed by atoms with Gasteiger partial charge in [-0.3, -0.25) is 0 Å². The highest BCUT2D eigenvalue weighted by molar-refractivity contribution is 7.99. The van der Waals surface area contributed by atoms with Crippen LogP contribution in [0.3, 0.4) is 0 Å². The number of nitrogens with one attached hydrogen (secondary N) is 1. The molecular weight excluding hydrogens is 262 g/mol. The number of thiazole rings is 1. The van der Waals surface area contributed by atoms with Crippen LogP contribution >= 0.6 is 23.1 Å². The van der Waals surface area contributed by atoms with Gasteiger partial charge in [0.05, 0.1) is 0 Å². The zero-order chi connectivity index (χ0) is 13.2. The number of hydrogen-bond acceptors (Lipinski definition) is 5. The summed E-state index contributed by atoms with van der Waals surface area (Å²) in [6, 6.07) is 0. The normalized spacial score (nSPS) is 10.6. The predicted octanol–water partition coefficient (Wildman–Crippen LogP) is 3.00. The fourth-order valence-corrected chi connectivity index (χ4v) is 3.17. The minimum absolute atomic E-state index is 0.924. The van der Waals surface area contributed by atoms with E-state index in [4.69, 9.17) is 0 Å². The third-order valence-corrected chi connectivity index (χ3v) is 4.56. The lowest BCUT2D eigenvalue weighted by atomic mass is 10.5. The minimum Gasteiger partial charge on any atom is -0.349 e. The van der Waals surface area contributed by atoms with E-state index in [9.17, 15) is 0 Å². The molecule has 0 amide bonds. The Morgan fingerprint density at radius 3 is 2.94 bits per heavy atom. The lowest BCUT2D eigenvalue weighted by Gasteiger charge is -2.16. The van der Waals surface area contributed by atoms with Gasteiger partial charge in [0, 0.05) is 48.8 Å². The summed E-state index contributed by atoms with van der Waals surface area (Å²) in [5.41, 5.74) is 0. The average molecular weight is 285 g/mol. The van der Waals surface area contributed by atoms with E-state index in [0.717, 1.165) is 42.8 Å². The van der Waals surface area contributed by atoms with Crippen molar-refractivity contribution in [2.45, 2.75) is 20.4 Å². The first-order valence-electron chi connectivity index (χ1n) is 6.40. The van der Waals surface area contributed by atoms with Crippen molar-refractivity contribution in [3.63, 3.8) is 0 Å². The number of thioether (sulfide) groups is 1. The maximum absolute atomic E-state index is 4.47. The first kappa shape index (κ1) is 15.5. The summed E-state index contributed by atoms with van der Waals surface area (Å²) >= 11 is 3.69. The van der Waals surface area contributed by atoms with Crippen molar-refractivity contribution in [1.29, 1.82) is 0 Å². The molecule has 3 nitrogen and oxygen atoms in total. The van der Waals surface area contributed by atoms with Gasteiger partial charge in [0.1, 0.15) is 0 Å². The second kappa shape index (κ2) is 9.42. The van der Waals surface area contributed by atoms with Crippen LogP contribution in [0.1, 0.15) is 18.7 Å². The Balaban J connectivity index is 2.24. The second-order valence-electron chi connectivity index (χ2n) is 3.82. The van der Waals surface area contributed by atoms with Crippen LogP contribution < -0.4 is 10.2 Å². The number of rotatable bonds is 10. The molecule has 0 saturated carbocycles. The van der Waals surface area contributed by atoms with Gasteiger partial charge in [0.15, 0.2) is 5.13 Å². The first-order chi connectivity index (χ1) is 8.81. The first-order valence-corrected chi connectivity index (χ1v) is 8.37. The Hall–Kier alpha value is -0.520. The van der Waals surface area contributed by atoms with E-state index in [0.29, 0.717) is 0 Å². The molecule has 18 heavy (non-hydrogen) atoms. The second-order valence-corrected chi connectivity index (χ2v) is 6.07. The molecule has 1 aromatic rings. The molecule has 5 heteroatoms. The van der Waals surface area contributed by atoms with Crippen LogP contribution in [0.15, 0.2) is 18.9 Å². The van der Waals surface area contributed by atoms with Gasteiger partial charge >= 0.3 is 0 Å². The monoisotopic (exact) mass is 285 g/mol. The standard InChI is InChI=1S/C13H23N3S2/c1-4-8-17-9-7-14-10-12-11-15-13(18-12)16(5-2)6-3/h4,11,14H,1,5-10H2,2-3H3. The number of aromatic nitrogens is 1. The fourth-order valence-electron chi connectivity index (χ4n) is 1.54. The molecule has 0 aliphatic rings. The van der Waals surface area contributed by atoms with Gasteiger partial charge in [-0.1, -0.05) is 6.08 Å². The number of hydrogen-bond donors (Lipinski definition) is 1. The fraction of sp³-hybridized carbons (Fsp3) is 0.615. The summed E-state index contributed by atoms with van der Waals surface area (Å²) in [7, 11) is 0. The zero-order valence-corrected chi connectivity index (χ0v) is 12.9. The maximum atomic E-state index is 4.47. The molecule has 0 saturated heterocycles. The smallest absolute Gasteiger partial charge is 0.185 e. The van der Waals surface area contributed by atoms with Crippen molar-refractivity contribution in [3.8, 4) is 0 Å². The summed E-state index contributed by atoms with van der Waals surface area (Å²) in [5.74, 6) is 2.17. The third-order valence-electron chi connectivity index (χ3n) is 2.53. The lowest BCUT2D eigenvalue weighted by Crippen LogP contribution is -2.21. The Morgan fingerprint density at radius 1 is 1.50 bits per heavy atom. The van der Waals surface area contributed by atoms with Crippen molar-refractivity contribution in [2.24, 2.45) is 0 Å². The molecule has 0 atom stereocenters. The van der Waals surface area contributed by atoms with Crippen molar-refractivity contribution < 1.29 is 0 Å². The van der Waals surface area contributed by atoms with E-state index in [1.165, 1.54) is 4.88 Å². The Labute approximate surface area is 119 Å². The summed E-state index contributed by atoms with van der Waals surface area (Å²) in [6.45, 7) is 12.1. The number of anilines is 1. The van der Waals surface area contributed by atoms with Crippen molar-refractivity contribution >= 4 is 28.2 Å². The summed E-state index contributed by atoms with van der Waals surface area (Å²) in [4.78, 5) is 8.07. The van der Waals surface area contributed by atoms with E-state index in [-0.39, 0.29) is 0 Å². The van der Waals surface area contributed by atoms with Crippen LogP contribution in [0.5, 0.6) is 0 Å². The van der Waals surface area contributed by atoms with Crippen molar-refractivity contribution in [3.05, 3.63) is 23.7 Å². The molecule has 0 spiro atoms. The van der Waals surface area contributed by atoms with Crippen LogP contribution in [0.25, 0.3) is 0 Å².